The fourth-order valence-electron chi connectivity index (χ4n) is 5.00. The Hall–Kier alpha value is -4.70. The zero-order valence-electron chi connectivity index (χ0n) is 22.5. The highest BCUT2D eigenvalue weighted by atomic mass is 32.1. The Morgan fingerprint density at radius 2 is 1.26 bits per heavy atom. The van der Waals surface area contributed by atoms with Gasteiger partial charge in [0.1, 0.15) is 33.9 Å². The van der Waals surface area contributed by atoms with Crippen LogP contribution >= 0.6 is 22.7 Å². The summed E-state index contributed by atoms with van der Waals surface area (Å²) >= 11 is 3.15. The summed E-state index contributed by atoms with van der Waals surface area (Å²) in [6.45, 7) is 1.94. The van der Waals surface area contributed by atoms with Crippen molar-refractivity contribution in [3.63, 3.8) is 0 Å². The molecule has 0 amide bonds. The molecule has 0 spiro atoms. The van der Waals surface area contributed by atoms with Gasteiger partial charge in [0.05, 0.1) is 22.9 Å². The molecule has 4 aromatic heterocycles. The Balaban J connectivity index is 1.11. The van der Waals surface area contributed by atoms with Crippen molar-refractivity contribution in [2.45, 2.75) is 19.1 Å². The third-order valence-electron chi connectivity index (χ3n) is 7.15. The third-order valence-corrected chi connectivity index (χ3v) is 8.92. The van der Waals surface area contributed by atoms with Crippen LogP contribution in [0.3, 0.4) is 0 Å². The number of thiophene rings is 2. The van der Waals surface area contributed by atoms with Crippen LogP contribution in [0.1, 0.15) is 18.6 Å². The van der Waals surface area contributed by atoms with Gasteiger partial charge in [-0.1, -0.05) is 72.8 Å². The van der Waals surface area contributed by atoms with E-state index in [1.54, 1.807) is 29.0 Å². The normalized spacial score (nSPS) is 12.8. The number of fused-ring (bicyclic) bond motifs is 2. The van der Waals surface area contributed by atoms with Crippen LogP contribution in [0.25, 0.3) is 42.7 Å². The van der Waals surface area contributed by atoms with Crippen molar-refractivity contribution < 1.29 is 9.84 Å². The summed E-state index contributed by atoms with van der Waals surface area (Å²) in [5.74, 6) is 1.82. The number of anilines is 1. The maximum atomic E-state index is 11.3. The van der Waals surface area contributed by atoms with Crippen molar-refractivity contribution in [1.29, 1.82) is 0 Å². The summed E-state index contributed by atoms with van der Waals surface area (Å²) in [7, 11) is 0. The van der Waals surface area contributed by atoms with Crippen LogP contribution in [0, 0.1) is 0 Å². The first-order valence-corrected chi connectivity index (χ1v) is 15.2. The Bertz CT molecular complexity index is 1980. The van der Waals surface area contributed by atoms with E-state index in [0.29, 0.717) is 17.4 Å². The van der Waals surface area contributed by atoms with E-state index in [1.807, 2.05) is 67.6 Å². The van der Waals surface area contributed by atoms with Gasteiger partial charge in [0.25, 0.3) is 0 Å². The zero-order chi connectivity index (χ0) is 28.5. The van der Waals surface area contributed by atoms with E-state index >= 15 is 0 Å². The second-order valence-corrected chi connectivity index (χ2v) is 11.6. The molecule has 2 N–H and O–H groups in total. The van der Waals surface area contributed by atoms with Crippen LogP contribution in [0.2, 0.25) is 0 Å². The highest BCUT2D eigenvalue weighted by Gasteiger charge is 2.21. The van der Waals surface area contributed by atoms with Gasteiger partial charge in [0.2, 0.25) is 5.88 Å². The molecule has 4 heterocycles. The third kappa shape index (κ3) is 4.98. The molecule has 206 valence electrons. The standard InChI is InChI=1S/C33H25N5O2S2/c1-20(38-30-27-25(21-8-4-2-5-9-21)16-41-32(27)36-18-34-30)29(39)23-12-14-24(15-13-23)40-31-28-26(22-10-6-3-7-11-22)17-42-33(28)37-19-35-31/h2-20,29,39H,1H3,(H,34,36,38)/t20-,29+/m1/s1. The first-order chi connectivity index (χ1) is 20.7. The van der Waals surface area contributed by atoms with Gasteiger partial charge in [-0.15, -0.1) is 22.7 Å². The number of rotatable bonds is 8. The average Bonchev–Trinajstić information content (AvgIpc) is 3.68. The molecule has 3 aromatic carbocycles. The Kier molecular flexibility index (Phi) is 7.05. The first-order valence-electron chi connectivity index (χ1n) is 13.4. The second kappa shape index (κ2) is 11.3. The molecule has 0 aliphatic rings. The molecule has 42 heavy (non-hydrogen) atoms. The van der Waals surface area contributed by atoms with Gasteiger partial charge in [0.15, 0.2) is 0 Å². The van der Waals surface area contributed by atoms with Gasteiger partial charge < -0.3 is 15.2 Å². The number of nitrogens with one attached hydrogen (secondary N) is 1. The van der Waals surface area contributed by atoms with E-state index in [9.17, 15) is 5.11 Å². The van der Waals surface area contributed by atoms with Crippen molar-refractivity contribution in [3.8, 4) is 33.9 Å². The quantitative estimate of drug-likeness (QED) is 0.185. The largest absolute Gasteiger partial charge is 0.438 e. The van der Waals surface area contributed by atoms with E-state index in [-0.39, 0.29) is 6.04 Å². The van der Waals surface area contributed by atoms with E-state index in [0.717, 1.165) is 48.3 Å². The summed E-state index contributed by atoms with van der Waals surface area (Å²) < 4.78 is 6.24. The van der Waals surface area contributed by atoms with Crippen molar-refractivity contribution in [2.75, 3.05) is 5.32 Å². The Morgan fingerprint density at radius 1 is 0.690 bits per heavy atom. The van der Waals surface area contributed by atoms with E-state index in [4.69, 9.17) is 4.74 Å². The van der Waals surface area contributed by atoms with Crippen molar-refractivity contribution in [2.24, 2.45) is 0 Å². The molecule has 0 saturated carbocycles. The fraction of sp³-hybridized carbons (Fsp3) is 0.0909. The zero-order valence-corrected chi connectivity index (χ0v) is 24.1. The molecular formula is C33H25N5O2S2. The minimum atomic E-state index is -0.782. The highest BCUT2D eigenvalue weighted by Crippen LogP contribution is 2.40. The number of hydrogen-bond acceptors (Lipinski definition) is 9. The molecule has 0 saturated heterocycles. The van der Waals surface area contributed by atoms with Gasteiger partial charge in [-0.25, -0.2) is 19.9 Å². The van der Waals surface area contributed by atoms with Gasteiger partial charge in [-0.2, -0.15) is 0 Å². The van der Waals surface area contributed by atoms with Crippen LogP contribution in [0.5, 0.6) is 11.6 Å². The molecule has 9 heteroatoms. The lowest BCUT2D eigenvalue weighted by Crippen LogP contribution is -2.24. The van der Waals surface area contributed by atoms with Crippen LogP contribution in [-0.4, -0.2) is 31.1 Å². The number of ether oxygens (including phenoxy) is 1. The predicted molar refractivity (Wildman–Crippen MR) is 170 cm³/mol. The second-order valence-electron chi connectivity index (χ2n) is 9.84. The smallest absolute Gasteiger partial charge is 0.231 e. The number of aliphatic hydroxyl groups is 1. The van der Waals surface area contributed by atoms with Crippen LogP contribution in [0.15, 0.2) is 108 Å². The molecule has 0 aliphatic carbocycles. The lowest BCUT2D eigenvalue weighted by molar-refractivity contribution is 0.160. The molecule has 0 aliphatic heterocycles. The fourth-order valence-corrected chi connectivity index (χ4v) is 6.82. The van der Waals surface area contributed by atoms with Crippen molar-refractivity contribution >= 4 is 48.9 Å². The molecule has 7 rings (SSSR count). The molecule has 2 atom stereocenters. The van der Waals surface area contributed by atoms with Gasteiger partial charge in [0, 0.05) is 21.9 Å². The van der Waals surface area contributed by atoms with E-state index < -0.39 is 6.10 Å². The Morgan fingerprint density at radius 3 is 1.90 bits per heavy atom. The number of aromatic nitrogens is 4. The highest BCUT2D eigenvalue weighted by molar-refractivity contribution is 7.17. The maximum absolute atomic E-state index is 11.3. The monoisotopic (exact) mass is 587 g/mol. The number of nitrogens with zero attached hydrogens (tertiary/aromatic N) is 4. The summed E-state index contributed by atoms with van der Waals surface area (Å²) in [6, 6.07) is 27.5. The molecule has 0 radical (unpaired) electrons. The first kappa shape index (κ1) is 26.2. The summed E-state index contributed by atoms with van der Waals surface area (Å²) in [5.41, 5.74) is 5.06. The predicted octanol–water partition coefficient (Wildman–Crippen LogP) is 8.36. The number of benzene rings is 3. The molecule has 0 fully saturated rings. The maximum Gasteiger partial charge on any atom is 0.231 e. The average molecular weight is 588 g/mol. The Labute approximate surface area is 250 Å². The van der Waals surface area contributed by atoms with E-state index in [1.165, 1.54) is 6.33 Å². The lowest BCUT2D eigenvalue weighted by atomic mass is 10.0. The summed E-state index contributed by atoms with van der Waals surface area (Å²) in [5, 5.41) is 20.7. The van der Waals surface area contributed by atoms with Crippen LogP contribution < -0.4 is 10.1 Å². The molecular weight excluding hydrogens is 563 g/mol. The van der Waals surface area contributed by atoms with E-state index in [2.05, 4.69) is 60.3 Å². The molecule has 0 unspecified atom stereocenters. The number of hydrogen-bond donors (Lipinski definition) is 2. The molecule has 7 aromatic rings. The van der Waals surface area contributed by atoms with Gasteiger partial charge in [-0.05, 0) is 35.7 Å². The lowest BCUT2D eigenvalue weighted by Gasteiger charge is -2.22. The minimum Gasteiger partial charge on any atom is -0.438 e. The van der Waals surface area contributed by atoms with Crippen LogP contribution in [0.4, 0.5) is 5.82 Å². The van der Waals surface area contributed by atoms with Crippen molar-refractivity contribution in [1.82, 2.24) is 19.9 Å². The van der Waals surface area contributed by atoms with Crippen LogP contribution in [-0.2, 0) is 0 Å². The summed E-state index contributed by atoms with van der Waals surface area (Å²) in [6.07, 6.45) is 2.30. The number of aliphatic hydroxyl groups excluding tert-OH is 1. The topological polar surface area (TPSA) is 93.1 Å². The minimum absolute atomic E-state index is 0.320. The van der Waals surface area contributed by atoms with Gasteiger partial charge in [-0.3, -0.25) is 0 Å². The molecule has 7 nitrogen and oxygen atoms in total. The summed E-state index contributed by atoms with van der Waals surface area (Å²) in [4.78, 5) is 19.6. The molecule has 0 bridgehead atoms. The van der Waals surface area contributed by atoms with Crippen molar-refractivity contribution in [3.05, 3.63) is 114 Å². The SMILES string of the molecule is C[C@@H](Nc1ncnc2scc(-c3ccccc3)c12)[C@H](O)c1ccc(Oc2ncnc3scc(-c4ccccc4)c23)cc1. The van der Waals surface area contributed by atoms with Gasteiger partial charge >= 0.3 is 0 Å².